The number of carboxylic acids is 1. The fraction of sp³-hybridized carbons (Fsp3) is 0.583. The van der Waals surface area contributed by atoms with Gasteiger partial charge in [-0.2, -0.15) is 0 Å². The summed E-state index contributed by atoms with van der Waals surface area (Å²) in [5, 5.41) is 12.1. The molecule has 0 aliphatic carbocycles. The van der Waals surface area contributed by atoms with E-state index in [-0.39, 0.29) is 17.6 Å². The minimum atomic E-state index is -1.09. The highest BCUT2D eigenvalue weighted by Gasteiger charge is 2.19. The van der Waals surface area contributed by atoms with E-state index in [1.807, 2.05) is 20.8 Å². The van der Waals surface area contributed by atoms with Crippen molar-refractivity contribution in [1.82, 2.24) is 9.97 Å². The summed E-state index contributed by atoms with van der Waals surface area (Å²) in [7, 11) is 0. The predicted octanol–water partition coefficient (Wildman–Crippen LogP) is 1.65. The first-order valence-corrected chi connectivity index (χ1v) is 5.94. The van der Waals surface area contributed by atoms with Gasteiger partial charge in [-0.1, -0.05) is 13.8 Å². The number of carboxylic acid groups (broad SMARTS) is 1. The summed E-state index contributed by atoms with van der Waals surface area (Å²) in [6.45, 7) is 7.12. The van der Waals surface area contributed by atoms with Gasteiger partial charge in [0.1, 0.15) is 0 Å². The van der Waals surface area contributed by atoms with E-state index in [1.54, 1.807) is 0 Å². The third-order valence-corrected chi connectivity index (χ3v) is 2.53. The highest BCUT2D eigenvalue weighted by molar-refractivity contribution is 5.90. The summed E-state index contributed by atoms with van der Waals surface area (Å²) in [5.74, 6) is -0.520. The van der Waals surface area contributed by atoms with Gasteiger partial charge < -0.3 is 15.2 Å². The minimum Gasteiger partial charge on any atom is -0.476 e. The molecule has 0 aromatic carbocycles. The molecule has 0 fully saturated rings. The average Bonchev–Trinajstić information content (AvgIpc) is 2.34. The van der Waals surface area contributed by atoms with E-state index in [1.165, 1.54) is 12.4 Å². The number of carbonyl (C=O) groups is 1. The Labute approximate surface area is 106 Å². The molecule has 1 heterocycles. The molecule has 0 spiro atoms. The zero-order valence-electron chi connectivity index (χ0n) is 10.9. The predicted molar refractivity (Wildman–Crippen MR) is 67.7 cm³/mol. The van der Waals surface area contributed by atoms with E-state index >= 15 is 0 Å². The van der Waals surface area contributed by atoms with Crippen molar-refractivity contribution in [3.8, 4) is 0 Å². The Morgan fingerprint density at radius 1 is 1.44 bits per heavy atom. The van der Waals surface area contributed by atoms with E-state index in [0.29, 0.717) is 19.1 Å². The van der Waals surface area contributed by atoms with Gasteiger partial charge >= 0.3 is 5.97 Å². The lowest BCUT2D eigenvalue weighted by atomic mass is 10.1. The van der Waals surface area contributed by atoms with Crippen LogP contribution in [0.2, 0.25) is 0 Å². The van der Waals surface area contributed by atoms with Crippen molar-refractivity contribution in [3.63, 3.8) is 0 Å². The number of nitrogens with one attached hydrogen (secondary N) is 1. The fourth-order valence-electron chi connectivity index (χ4n) is 1.42. The first-order chi connectivity index (χ1) is 8.56. The lowest BCUT2D eigenvalue weighted by molar-refractivity contribution is 0.0690. The molecule has 1 aromatic heterocycles. The van der Waals surface area contributed by atoms with Gasteiger partial charge in [0.15, 0.2) is 11.5 Å². The van der Waals surface area contributed by atoms with E-state index in [0.717, 1.165) is 0 Å². The van der Waals surface area contributed by atoms with Crippen LogP contribution in [0.5, 0.6) is 0 Å². The van der Waals surface area contributed by atoms with Crippen LogP contribution >= 0.6 is 0 Å². The van der Waals surface area contributed by atoms with Crippen molar-refractivity contribution >= 4 is 11.8 Å². The van der Waals surface area contributed by atoms with Gasteiger partial charge in [-0.3, -0.25) is 0 Å². The molecule has 0 bridgehead atoms. The standard InChI is InChI=1S/C12H19N3O3/c1-4-18-7-9(8(2)3)15-11-10(12(16)17)13-5-6-14-11/h5-6,8-9H,4,7H2,1-3H3,(H,14,15)(H,16,17). The number of anilines is 1. The molecule has 0 aliphatic heterocycles. The smallest absolute Gasteiger partial charge is 0.358 e. The molecule has 1 unspecified atom stereocenters. The maximum absolute atomic E-state index is 11.0. The summed E-state index contributed by atoms with van der Waals surface area (Å²) in [5.41, 5.74) is -0.0698. The molecule has 1 aromatic rings. The quantitative estimate of drug-likeness (QED) is 0.768. The molecule has 100 valence electrons. The maximum Gasteiger partial charge on any atom is 0.358 e. The van der Waals surface area contributed by atoms with E-state index < -0.39 is 5.97 Å². The second kappa shape index (κ2) is 6.90. The van der Waals surface area contributed by atoms with E-state index in [2.05, 4.69) is 15.3 Å². The Morgan fingerprint density at radius 2 is 2.11 bits per heavy atom. The number of hydrogen-bond acceptors (Lipinski definition) is 5. The third kappa shape index (κ3) is 3.96. The number of ether oxygens (including phenoxy) is 1. The first kappa shape index (κ1) is 14.4. The average molecular weight is 253 g/mol. The molecule has 0 amide bonds. The van der Waals surface area contributed by atoms with Crippen LogP contribution in [0.25, 0.3) is 0 Å². The van der Waals surface area contributed by atoms with Crippen molar-refractivity contribution in [1.29, 1.82) is 0 Å². The van der Waals surface area contributed by atoms with Gasteiger partial charge in [0.05, 0.1) is 12.6 Å². The zero-order chi connectivity index (χ0) is 13.5. The van der Waals surface area contributed by atoms with Crippen LogP contribution in [0.4, 0.5) is 5.82 Å². The van der Waals surface area contributed by atoms with Crippen LogP contribution < -0.4 is 5.32 Å². The van der Waals surface area contributed by atoms with Gasteiger partial charge in [-0.05, 0) is 12.8 Å². The second-order valence-electron chi connectivity index (χ2n) is 4.21. The highest BCUT2D eigenvalue weighted by atomic mass is 16.5. The third-order valence-electron chi connectivity index (χ3n) is 2.53. The minimum absolute atomic E-state index is 0.000231. The monoisotopic (exact) mass is 253 g/mol. The lowest BCUT2D eigenvalue weighted by Gasteiger charge is -2.23. The summed E-state index contributed by atoms with van der Waals surface area (Å²) in [6.07, 6.45) is 2.83. The van der Waals surface area contributed by atoms with Gasteiger partial charge in [0.25, 0.3) is 0 Å². The Kier molecular flexibility index (Phi) is 5.51. The Morgan fingerprint density at radius 3 is 2.67 bits per heavy atom. The van der Waals surface area contributed by atoms with E-state index in [4.69, 9.17) is 9.84 Å². The van der Waals surface area contributed by atoms with Crippen LogP contribution in [0, 0.1) is 5.92 Å². The second-order valence-corrected chi connectivity index (χ2v) is 4.21. The summed E-state index contributed by atoms with van der Waals surface area (Å²) in [4.78, 5) is 18.8. The van der Waals surface area contributed by atoms with Gasteiger partial charge in [0.2, 0.25) is 0 Å². The van der Waals surface area contributed by atoms with Crippen LogP contribution in [-0.4, -0.2) is 40.3 Å². The molecule has 18 heavy (non-hydrogen) atoms. The van der Waals surface area contributed by atoms with Crippen molar-refractivity contribution < 1.29 is 14.6 Å². The number of rotatable bonds is 7. The Balaban J connectivity index is 2.83. The molecule has 1 rings (SSSR count). The van der Waals surface area contributed by atoms with Crippen LogP contribution in [0.3, 0.4) is 0 Å². The molecule has 6 heteroatoms. The van der Waals surface area contributed by atoms with Crippen LogP contribution in [0.1, 0.15) is 31.3 Å². The van der Waals surface area contributed by atoms with Crippen LogP contribution in [-0.2, 0) is 4.74 Å². The number of aromatic nitrogens is 2. The van der Waals surface area contributed by atoms with Crippen molar-refractivity contribution in [2.24, 2.45) is 5.92 Å². The molecule has 0 aliphatic rings. The normalized spacial score (nSPS) is 12.4. The van der Waals surface area contributed by atoms with Crippen LogP contribution in [0.15, 0.2) is 12.4 Å². The number of hydrogen-bond donors (Lipinski definition) is 2. The van der Waals surface area contributed by atoms with E-state index in [9.17, 15) is 4.79 Å². The van der Waals surface area contributed by atoms with Gasteiger partial charge in [0, 0.05) is 19.0 Å². The van der Waals surface area contributed by atoms with Crippen molar-refractivity contribution in [2.45, 2.75) is 26.8 Å². The largest absolute Gasteiger partial charge is 0.476 e. The Hall–Kier alpha value is -1.69. The topological polar surface area (TPSA) is 84.3 Å². The SMILES string of the molecule is CCOCC(Nc1nccnc1C(=O)O)C(C)C. The molecule has 0 radical (unpaired) electrons. The van der Waals surface area contributed by atoms with Gasteiger partial charge in [-0.25, -0.2) is 14.8 Å². The maximum atomic E-state index is 11.0. The molecule has 0 saturated carbocycles. The van der Waals surface area contributed by atoms with Gasteiger partial charge in [-0.15, -0.1) is 0 Å². The first-order valence-electron chi connectivity index (χ1n) is 5.94. The zero-order valence-corrected chi connectivity index (χ0v) is 10.9. The highest BCUT2D eigenvalue weighted by Crippen LogP contribution is 2.14. The summed E-state index contributed by atoms with van der Waals surface area (Å²) in [6, 6.07) is -0.000231. The summed E-state index contributed by atoms with van der Waals surface area (Å²) < 4.78 is 5.37. The number of nitrogens with zero attached hydrogens (tertiary/aromatic N) is 2. The molecular weight excluding hydrogens is 234 g/mol. The molecule has 2 N–H and O–H groups in total. The fourth-order valence-corrected chi connectivity index (χ4v) is 1.42. The van der Waals surface area contributed by atoms with Crippen molar-refractivity contribution in [3.05, 3.63) is 18.1 Å². The summed E-state index contributed by atoms with van der Waals surface area (Å²) >= 11 is 0. The molecule has 0 saturated heterocycles. The Bertz CT molecular complexity index is 396. The number of aromatic carboxylic acids is 1. The molecule has 1 atom stereocenters. The molecular formula is C12H19N3O3. The molecule has 6 nitrogen and oxygen atoms in total. The lowest BCUT2D eigenvalue weighted by Crippen LogP contribution is -2.32. The van der Waals surface area contributed by atoms with Crippen molar-refractivity contribution in [2.75, 3.05) is 18.5 Å².